The van der Waals surface area contributed by atoms with E-state index in [0.29, 0.717) is 6.61 Å². The van der Waals surface area contributed by atoms with Gasteiger partial charge >= 0.3 is 0 Å². The number of fused-ring (bicyclic) bond motifs is 5. The highest BCUT2D eigenvalue weighted by molar-refractivity contribution is 5.91. The quantitative estimate of drug-likeness (QED) is 0.704. The molecule has 28 heavy (non-hydrogen) atoms. The predicted molar refractivity (Wildman–Crippen MR) is 114 cm³/mol. The van der Waals surface area contributed by atoms with Crippen LogP contribution in [0, 0.1) is 0 Å². The molecule has 0 aliphatic carbocycles. The first-order chi connectivity index (χ1) is 13.4. The Hall–Kier alpha value is -2.72. The summed E-state index contributed by atoms with van der Waals surface area (Å²) >= 11 is 0. The van der Waals surface area contributed by atoms with Crippen LogP contribution in [0.2, 0.25) is 0 Å². The van der Waals surface area contributed by atoms with Gasteiger partial charge in [-0.25, -0.2) is 0 Å². The van der Waals surface area contributed by atoms with Crippen LogP contribution < -0.4 is 14.8 Å². The van der Waals surface area contributed by atoms with Crippen molar-refractivity contribution in [1.29, 1.82) is 0 Å². The van der Waals surface area contributed by atoms with E-state index in [-0.39, 0.29) is 11.6 Å². The van der Waals surface area contributed by atoms with Gasteiger partial charge in [0.2, 0.25) is 0 Å². The van der Waals surface area contributed by atoms with E-state index in [2.05, 4.69) is 50.4 Å². The van der Waals surface area contributed by atoms with Gasteiger partial charge < -0.3 is 19.5 Å². The minimum Gasteiger partial charge on any atom is -0.496 e. The maximum Gasteiger partial charge on any atom is 0.143 e. The largest absolute Gasteiger partial charge is 0.496 e. The highest BCUT2D eigenvalue weighted by Gasteiger charge is 2.33. The molecule has 0 spiro atoms. The van der Waals surface area contributed by atoms with Crippen LogP contribution in [0.1, 0.15) is 38.0 Å². The molecule has 0 radical (unpaired) electrons. The lowest BCUT2D eigenvalue weighted by Gasteiger charge is -2.36. The molecule has 0 bridgehead atoms. The van der Waals surface area contributed by atoms with Crippen molar-refractivity contribution in [1.82, 2.24) is 0 Å². The molecule has 0 amide bonds. The Kier molecular flexibility index (Phi) is 4.68. The second kappa shape index (κ2) is 7.02. The number of allylic oxidation sites excluding steroid dienone is 1. The van der Waals surface area contributed by atoms with Crippen LogP contribution in [0.25, 0.3) is 16.7 Å². The number of benzene rings is 2. The topological polar surface area (TPSA) is 39.7 Å². The summed E-state index contributed by atoms with van der Waals surface area (Å²) in [5.41, 5.74) is 6.84. The zero-order chi connectivity index (χ0) is 19.9. The van der Waals surface area contributed by atoms with Gasteiger partial charge in [-0.1, -0.05) is 24.3 Å². The molecule has 2 aromatic rings. The van der Waals surface area contributed by atoms with Crippen molar-refractivity contribution in [3.63, 3.8) is 0 Å². The van der Waals surface area contributed by atoms with Gasteiger partial charge in [-0.15, -0.1) is 0 Å². The molecule has 4 nitrogen and oxygen atoms in total. The number of anilines is 1. The summed E-state index contributed by atoms with van der Waals surface area (Å²) in [4.78, 5) is 0. The summed E-state index contributed by atoms with van der Waals surface area (Å²) < 4.78 is 17.3. The smallest absolute Gasteiger partial charge is 0.143 e. The molecule has 1 N–H and O–H groups in total. The number of methoxy groups -OCH3 is 2. The summed E-state index contributed by atoms with van der Waals surface area (Å²) in [6.45, 7) is 7.10. The molecule has 1 unspecified atom stereocenters. The van der Waals surface area contributed by atoms with E-state index >= 15 is 0 Å². The second-order valence-electron chi connectivity index (χ2n) is 7.88. The van der Waals surface area contributed by atoms with Gasteiger partial charge in [0.25, 0.3) is 0 Å². The average molecular weight is 377 g/mol. The van der Waals surface area contributed by atoms with Crippen molar-refractivity contribution in [2.75, 3.05) is 26.1 Å². The summed E-state index contributed by atoms with van der Waals surface area (Å²) in [6.07, 6.45) is 6.19. The number of hydrogen-bond acceptors (Lipinski definition) is 4. The van der Waals surface area contributed by atoms with Gasteiger partial charge in [0, 0.05) is 23.9 Å². The van der Waals surface area contributed by atoms with Crippen LogP contribution in [-0.2, 0) is 4.74 Å². The molecule has 4 heteroatoms. The third-order valence-electron chi connectivity index (χ3n) is 5.26. The first-order valence-corrected chi connectivity index (χ1v) is 9.59. The molecule has 2 heterocycles. The lowest BCUT2D eigenvalue weighted by Crippen LogP contribution is -2.32. The number of ether oxygens (including phenoxy) is 3. The monoisotopic (exact) mass is 377 g/mol. The molecular formula is C24H27NO3. The van der Waals surface area contributed by atoms with Crippen LogP contribution >= 0.6 is 0 Å². The van der Waals surface area contributed by atoms with Gasteiger partial charge in [-0.3, -0.25) is 0 Å². The van der Waals surface area contributed by atoms with Crippen molar-refractivity contribution in [2.45, 2.75) is 32.4 Å². The van der Waals surface area contributed by atoms with Gasteiger partial charge in [0.05, 0.1) is 24.8 Å². The molecule has 0 saturated carbocycles. The summed E-state index contributed by atoms with van der Waals surface area (Å²) in [7, 11) is 3.40. The molecule has 1 atom stereocenters. The highest BCUT2D eigenvalue weighted by Crippen LogP contribution is 2.52. The fourth-order valence-electron chi connectivity index (χ4n) is 4.31. The Morgan fingerprint density at radius 3 is 2.71 bits per heavy atom. The average Bonchev–Trinajstić information content (AvgIpc) is 2.66. The van der Waals surface area contributed by atoms with Crippen LogP contribution in [0.15, 0.2) is 48.6 Å². The van der Waals surface area contributed by atoms with E-state index in [9.17, 15) is 0 Å². The summed E-state index contributed by atoms with van der Waals surface area (Å²) in [6, 6.07) is 10.3. The van der Waals surface area contributed by atoms with Crippen molar-refractivity contribution in [2.24, 2.45) is 0 Å². The van der Waals surface area contributed by atoms with Crippen LogP contribution in [-0.4, -0.2) is 26.4 Å². The number of hydrogen-bond donors (Lipinski definition) is 1. The first kappa shape index (κ1) is 18.6. The molecule has 0 saturated heterocycles. The zero-order valence-electron chi connectivity index (χ0n) is 17.1. The van der Waals surface area contributed by atoms with Gasteiger partial charge in [0.1, 0.15) is 17.6 Å². The van der Waals surface area contributed by atoms with Crippen molar-refractivity contribution >= 4 is 11.3 Å². The fraction of sp³-hybridized carbons (Fsp3) is 0.333. The summed E-state index contributed by atoms with van der Waals surface area (Å²) in [5.74, 6) is 1.66. The Morgan fingerprint density at radius 2 is 1.96 bits per heavy atom. The Morgan fingerprint density at radius 1 is 1.14 bits per heavy atom. The third kappa shape index (κ3) is 3.08. The third-order valence-corrected chi connectivity index (χ3v) is 5.26. The van der Waals surface area contributed by atoms with Crippen molar-refractivity contribution < 1.29 is 14.2 Å². The number of nitrogens with one attached hydrogen (secondary N) is 1. The molecular weight excluding hydrogens is 350 g/mol. The zero-order valence-corrected chi connectivity index (χ0v) is 17.1. The van der Waals surface area contributed by atoms with E-state index in [4.69, 9.17) is 14.2 Å². The Labute approximate surface area is 166 Å². The molecule has 0 fully saturated rings. The highest BCUT2D eigenvalue weighted by atomic mass is 16.5. The van der Waals surface area contributed by atoms with Gasteiger partial charge in [-0.2, -0.15) is 0 Å². The molecule has 4 rings (SSSR count). The maximum absolute atomic E-state index is 6.44. The van der Waals surface area contributed by atoms with Crippen LogP contribution in [0.4, 0.5) is 5.69 Å². The maximum atomic E-state index is 6.44. The first-order valence-electron chi connectivity index (χ1n) is 9.59. The SMILES string of the molecule is COC/C=C/C1Oc2cccc(OC)c2-c2ccc3c(c21)C(C)=CC(C)(C)N3. The molecule has 0 aromatic heterocycles. The Bertz CT molecular complexity index is 972. The molecule has 2 aliphatic heterocycles. The fourth-order valence-corrected chi connectivity index (χ4v) is 4.31. The van der Waals surface area contributed by atoms with Gasteiger partial charge in [0.15, 0.2) is 0 Å². The molecule has 146 valence electrons. The van der Waals surface area contributed by atoms with Crippen LogP contribution in [0.3, 0.4) is 0 Å². The lowest BCUT2D eigenvalue weighted by molar-refractivity contribution is 0.227. The number of rotatable bonds is 4. The van der Waals surface area contributed by atoms with E-state index in [0.717, 1.165) is 28.3 Å². The van der Waals surface area contributed by atoms with E-state index in [1.54, 1.807) is 14.2 Å². The normalized spacial score (nSPS) is 19.0. The lowest BCUT2D eigenvalue weighted by atomic mass is 9.81. The van der Waals surface area contributed by atoms with Crippen LogP contribution in [0.5, 0.6) is 11.5 Å². The van der Waals surface area contributed by atoms with E-state index < -0.39 is 0 Å². The minimum absolute atomic E-state index is 0.0855. The Balaban J connectivity index is 1.97. The van der Waals surface area contributed by atoms with Crippen molar-refractivity contribution in [3.05, 3.63) is 59.7 Å². The van der Waals surface area contributed by atoms with Gasteiger partial charge in [-0.05, 0) is 56.2 Å². The van der Waals surface area contributed by atoms with E-state index in [1.807, 2.05) is 24.3 Å². The summed E-state index contributed by atoms with van der Waals surface area (Å²) in [5, 5.41) is 3.65. The molecule has 2 aliphatic rings. The molecule has 2 aromatic carbocycles. The van der Waals surface area contributed by atoms with Crippen molar-refractivity contribution in [3.8, 4) is 22.6 Å². The van der Waals surface area contributed by atoms with E-state index in [1.165, 1.54) is 16.7 Å². The predicted octanol–water partition coefficient (Wildman–Crippen LogP) is 5.61. The second-order valence-corrected chi connectivity index (χ2v) is 7.88. The minimum atomic E-state index is -0.189. The standard InChI is InChI=1S/C24H27NO3/c1-15-14-24(2,3)25-17-12-11-16-22-18(27-5)8-6-9-19(22)28-20(10-7-13-26-4)23(16)21(15)17/h6-12,14,20,25H,13H2,1-5H3/b10-7+.